The van der Waals surface area contributed by atoms with Gasteiger partial charge < -0.3 is 5.32 Å². The highest BCUT2D eigenvalue weighted by atomic mass is 16.2. The van der Waals surface area contributed by atoms with Crippen LogP contribution in [0.4, 0.5) is 0 Å². The Morgan fingerprint density at radius 3 is 2.77 bits per heavy atom. The molecule has 0 radical (unpaired) electrons. The molecule has 22 heavy (non-hydrogen) atoms. The highest BCUT2D eigenvalue weighted by Crippen LogP contribution is 2.13. The number of hydrogen-bond donors (Lipinski definition) is 2. The minimum Gasteiger partial charge on any atom is -0.344 e. The van der Waals surface area contributed by atoms with E-state index >= 15 is 0 Å². The number of amides is 3. The number of hydrogen-bond acceptors (Lipinski definition) is 3. The SMILES string of the molecule is Cc1ccc(CCCC(=O)NC2CCC(=O)NC2=O)c(C)c1. The van der Waals surface area contributed by atoms with Crippen LogP contribution in [0.15, 0.2) is 18.2 Å². The maximum Gasteiger partial charge on any atom is 0.249 e. The summed E-state index contributed by atoms with van der Waals surface area (Å²) in [7, 11) is 0. The first-order valence-corrected chi connectivity index (χ1v) is 7.65. The molecule has 118 valence electrons. The van der Waals surface area contributed by atoms with Gasteiger partial charge in [-0.25, -0.2) is 0 Å². The minimum absolute atomic E-state index is 0.140. The molecule has 0 aromatic heterocycles. The van der Waals surface area contributed by atoms with Crippen LogP contribution < -0.4 is 10.6 Å². The molecule has 0 saturated carbocycles. The molecule has 2 N–H and O–H groups in total. The highest BCUT2D eigenvalue weighted by molar-refractivity contribution is 6.01. The van der Waals surface area contributed by atoms with Gasteiger partial charge in [-0.3, -0.25) is 19.7 Å². The van der Waals surface area contributed by atoms with Crippen LogP contribution in [0.3, 0.4) is 0 Å². The number of imide groups is 1. The molecule has 1 atom stereocenters. The molecule has 1 aromatic rings. The van der Waals surface area contributed by atoms with Crippen LogP contribution in [0.1, 0.15) is 42.4 Å². The third-order valence-electron chi connectivity index (χ3n) is 3.92. The zero-order chi connectivity index (χ0) is 16.1. The van der Waals surface area contributed by atoms with Crippen molar-refractivity contribution in [3.63, 3.8) is 0 Å². The predicted octanol–water partition coefficient (Wildman–Crippen LogP) is 1.55. The molecule has 0 bridgehead atoms. The molecule has 2 rings (SSSR count). The van der Waals surface area contributed by atoms with Crippen molar-refractivity contribution in [3.05, 3.63) is 34.9 Å². The van der Waals surface area contributed by atoms with Gasteiger partial charge in [0, 0.05) is 12.8 Å². The number of aryl methyl sites for hydroxylation is 3. The lowest BCUT2D eigenvalue weighted by Crippen LogP contribution is -2.52. The summed E-state index contributed by atoms with van der Waals surface area (Å²) in [4.78, 5) is 34.5. The summed E-state index contributed by atoms with van der Waals surface area (Å²) in [6.07, 6.45) is 2.62. The van der Waals surface area contributed by atoms with Gasteiger partial charge in [0.05, 0.1) is 0 Å². The fourth-order valence-corrected chi connectivity index (χ4v) is 2.66. The normalized spacial score (nSPS) is 18.0. The molecule has 3 amide bonds. The fraction of sp³-hybridized carbons (Fsp3) is 0.471. The summed E-state index contributed by atoms with van der Waals surface area (Å²) in [6, 6.07) is 5.74. The van der Waals surface area contributed by atoms with Crippen LogP contribution in [-0.4, -0.2) is 23.8 Å². The number of piperidine rings is 1. The number of carbonyl (C=O) groups excluding carboxylic acids is 3. The van der Waals surface area contributed by atoms with Crippen LogP contribution in [0.5, 0.6) is 0 Å². The van der Waals surface area contributed by atoms with E-state index < -0.39 is 11.9 Å². The number of benzene rings is 1. The van der Waals surface area contributed by atoms with E-state index in [0.29, 0.717) is 12.8 Å². The maximum atomic E-state index is 11.9. The lowest BCUT2D eigenvalue weighted by atomic mass is 10.0. The first-order chi connectivity index (χ1) is 10.5. The monoisotopic (exact) mass is 302 g/mol. The van der Waals surface area contributed by atoms with Crippen molar-refractivity contribution in [2.45, 2.75) is 52.0 Å². The molecule has 1 saturated heterocycles. The Labute approximate surface area is 130 Å². The van der Waals surface area contributed by atoms with Gasteiger partial charge in [0.15, 0.2) is 0 Å². The van der Waals surface area contributed by atoms with Crippen molar-refractivity contribution in [1.29, 1.82) is 0 Å². The molecule has 5 nitrogen and oxygen atoms in total. The standard InChI is InChI=1S/C17H22N2O3/c1-11-6-7-13(12(2)10-11)4-3-5-15(20)18-14-8-9-16(21)19-17(14)22/h6-7,10,14H,3-5,8-9H2,1-2H3,(H,18,20)(H,19,21,22). The Balaban J connectivity index is 1.76. The average molecular weight is 302 g/mol. The highest BCUT2D eigenvalue weighted by Gasteiger charge is 2.27. The maximum absolute atomic E-state index is 11.9. The second kappa shape index (κ2) is 7.20. The smallest absolute Gasteiger partial charge is 0.249 e. The Morgan fingerprint density at radius 2 is 2.09 bits per heavy atom. The van der Waals surface area contributed by atoms with E-state index in [1.54, 1.807) is 0 Å². The van der Waals surface area contributed by atoms with Gasteiger partial charge in [-0.1, -0.05) is 23.8 Å². The van der Waals surface area contributed by atoms with E-state index in [0.717, 1.165) is 12.8 Å². The average Bonchev–Trinajstić information content (AvgIpc) is 2.44. The molecule has 1 aromatic carbocycles. The third-order valence-corrected chi connectivity index (χ3v) is 3.92. The lowest BCUT2D eigenvalue weighted by molar-refractivity contribution is -0.137. The van der Waals surface area contributed by atoms with Crippen molar-refractivity contribution in [1.82, 2.24) is 10.6 Å². The Hall–Kier alpha value is -2.17. The van der Waals surface area contributed by atoms with E-state index in [4.69, 9.17) is 0 Å². The summed E-state index contributed by atoms with van der Waals surface area (Å²) in [6.45, 7) is 4.13. The number of nitrogens with one attached hydrogen (secondary N) is 2. The molecule has 0 spiro atoms. The largest absolute Gasteiger partial charge is 0.344 e. The number of rotatable bonds is 5. The van der Waals surface area contributed by atoms with E-state index in [9.17, 15) is 14.4 Å². The summed E-state index contributed by atoms with van der Waals surface area (Å²) in [5, 5.41) is 4.93. The molecule has 0 aliphatic carbocycles. The van der Waals surface area contributed by atoms with E-state index in [1.165, 1.54) is 16.7 Å². The van der Waals surface area contributed by atoms with Crippen molar-refractivity contribution < 1.29 is 14.4 Å². The molecule has 1 aliphatic heterocycles. The zero-order valence-electron chi connectivity index (χ0n) is 13.1. The topological polar surface area (TPSA) is 75.3 Å². The van der Waals surface area contributed by atoms with Gasteiger partial charge >= 0.3 is 0 Å². The first kappa shape index (κ1) is 16.2. The van der Waals surface area contributed by atoms with E-state index in [1.807, 2.05) is 0 Å². The van der Waals surface area contributed by atoms with E-state index in [-0.39, 0.29) is 18.2 Å². The molecule has 1 unspecified atom stereocenters. The Kier molecular flexibility index (Phi) is 5.31. The second-order valence-electron chi connectivity index (χ2n) is 5.85. The van der Waals surface area contributed by atoms with Crippen LogP contribution in [0, 0.1) is 13.8 Å². The molecule has 1 fully saturated rings. The summed E-state index contributed by atoms with van der Waals surface area (Å²) in [5.74, 6) is -0.816. The zero-order valence-corrected chi connectivity index (χ0v) is 13.1. The Bertz CT molecular complexity index is 596. The first-order valence-electron chi connectivity index (χ1n) is 7.65. The van der Waals surface area contributed by atoms with Crippen LogP contribution in [0.2, 0.25) is 0 Å². The van der Waals surface area contributed by atoms with Crippen LogP contribution in [-0.2, 0) is 20.8 Å². The predicted molar refractivity (Wildman–Crippen MR) is 83.2 cm³/mol. The molecular weight excluding hydrogens is 280 g/mol. The van der Waals surface area contributed by atoms with Gasteiger partial charge in [0.25, 0.3) is 0 Å². The van der Waals surface area contributed by atoms with Gasteiger partial charge in [-0.05, 0) is 44.2 Å². The minimum atomic E-state index is -0.577. The van der Waals surface area contributed by atoms with Crippen LogP contribution >= 0.6 is 0 Å². The lowest BCUT2D eigenvalue weighted by Gasteiger charge is -2.21. The van der Waals surface area contributed by atoms with Gasteiger partial charge in [0.1, 0.15) is 6.04 Å². The molecule has 5 heteroatoms. The summed E-state index contributed by atoms with van der Waals surface area (Å²) < 4.78 is 0. The molecular formula is C17H22N2O3. The van der Waals surface area contributed by atoms with Gasteiger partial charge in [-0.15, -0.1) is 0 Å². The van der Waals surface area contributed by atoms with Crippen molar-refractivity contribution >= 4 is 17.7 Å². The second-order valence-corrected chi connectivity index (χ2v) is 5.85. The quantitative estimate of drug-likeness (QED) is 0.810. The van der Waals surface area contributed by atoms with Crippen LogP contribution in [0.25, 0.3) is 0 Å². The third kappa shape index (κ3) is 4.41. The fourth-order valence-electron chi connectivity index (χ4n) is 2.66. The summed E-state index contributed by atoms with van der Waals surface area (Å²) in [5.41, 5.74) is 3.72. The van der Waals surface area contributed by atoms with Gasteiger partial charge in [0.2, 0.25) is 17.7 Å². The Morgan fingerprint density at radius 1 is 1.32 bits per heavy atom. The van der Waals surface area contributed by atoms with E-state index in [2.05, 4.69) is 42.7 Å². The summed E-state index contributed by atoms with van der Waals surface area (Å²) >= 11 is 0. The number of carbonyl (C=O) groups is 3. The molecule has 1 heterocycles. The van der Waals surface area contributed by atoms with Crippen molar-refractivity contribution in [3.8, 4) is 0 Å². The van der Waals surface area contributed by atoms with Crippen molar-refractivity contribution in [2.75, 3.05) is 0 Å². The van der Waals surface area contributed by atoms with Gasteiger partial charge in [-0.2, -0.15) is 0 Å². The van der Waals surface area contributed by atoms with Crippen molar-refractivity contribution in [2.24, 2.45) is 0 Å². The molecule has 1 aliphatic rings.